The van der Waals surface area contributed by atoms with E-state index in [4.69, 9.17) is 5.11 Å². The fraction of sp³-hybridized carbons (Fsp3) is 0.167. The fourth-order valence-electron chi connectivity index (χ4n) is 1.56. The van der Waals surface area contributed by atoms with Crippen LogP contribution in [0, 0.1) is 0 Å². The van der Waals surface area contributed by atoms with Crippen LogP contribution in [-0.4, -0.2) is 23.6 Å². The van der Waals surface area contributed by atoms with Crippen molar-refractivity contribution in [3.05, 3.63) is 63.5 Å². The second-order valence-corrected chi connectivity index (χ2v) is 11.3. The van der Waals surface area contributed by atoms with E-state index in [1.54, 1.807) is 6.07 Å². The normalized spacial score (nSPS) is 9.67. The Morgan fingerprint density at radius 3 is 1.67 bits per heavy atom. The molecule has 0 fully saturated rings. The fourth-order valence-corrected chi connectivity index (χ4v) is 4.89. The first-order valence-electron chi connectivity index (χ1n) is 7.50. The van der Waals surface area contributed by atoms with E-state index in [0.717, 1.165) is 26.3 Å². The van der Waals surface area contributed by atoms with Gasteiger partial charge in [0.05, 0.1) is 17.3 Å². The molecule has 0 spiro atoms. The maximum atomic E-state index is 10.2. The highest BCUT2D eigenvalue weighted by Crippen LogP contribution is 2.27. The third-order valence-corrected chi connectivity index (χ3v) is 7.30. The highest BCUT2D eigenvalue weighted by Gasteiger charge is 2.04. The third kappa shape index (κ3) is 9.07. The summed E-state index contributed by atoms with van der Waals surface area (Å²) in [5, 5.41) is 8.39. The summed E-state index contributed by atoms with van der Waals surface area (Å²) in [5.41, 5.74) is 0. The molecule has 0 saturated carbocycles. The van der Waals surface area contributed by atoms with Crippen LogP contribution in [-0.2, 0) is 0 Å². The van der Waals surface area contributed by atoms with Gasteiger partial charge in [-0.2, -0.15) is 0 Å². The molecule has 0 unspecified atom stereocenters. The van der Waals surface area contributed by atoms with Crippen molar-refractivity contribution in [1.82, 2.24) is 0 Å². The van der Waals surface area contributed by atoms with E-state index in [1.807, 2.05) is 17.4 Å². The van der Waals surface area contributed by atoms with Crippen molar-refractivity contribution in [3.63, 3.8) is 0 Å². The second kappa shape index (κ2) is 12.4. The average Bonchev–Trinajstić information content (AvgIpc) is 3.36. The van der Waals surface area contributed by atoms with Gasteiger partial charge in [-0.15, -0.1) is 34.0 Å². The molecule has 0 aromatic carbocycles. The number of carboxylic acid groups (broad SMARTS) is 1. The van der Waals surface area contributed by atoms with E-state index in [9.17, 15) is 14.4 Å². The van der Waals surface area contributed by atoms with Gasteiger partial charge in [-0.3, -0.25) is 9.59 Å². The quantitative estimate of drug-likeness (QED) is 0.347. The zero-order valence-electron chi connectivity index (χ0n) is 14.3. The first-order valence-corrected chi connectivity index (χ1v) is 11.5. The smallest absolute Gasteiger partial charge is 0.345 e. The van der Waals surface area contributed by atoms with E-state index < -0.39 is 5.97 Å². The summed E-state index contributed by atoms with van der Waals surface area (Å²) >= 11 is 10.9. The van der Waals surface area contributed by atoms with Crippen LogP contribution in [0.5, 0.6) is 0 Å². The lowest BCUT2D eigenvalue weighted by atomic mass is 10.2. The zero-order chi connectivity index (χ0) is 20.4. The highest BCUT2D eigenvalue weighted by atomic mass is 79.9. The molecule has 0 bridgehead atoms. The number of carbonyl (C=O) groups is 3. The number of carbonyl (C=O) groups excluding carboxylic acids is 2. The summed E-state index contributed by atoms with van der Waals surface area (Å²) in [4.78, 5) is 33.1. The van der Waals surface area contributed by atoms with Crippen molar-refractivity contribution in [2.24, 2.45) is 0 Å². The molecule has 0 aliphatic rings. The van der Waals surface area contributed by atoms with Crippen LogP contribution < -0.4 is 0 Å². The Balaban J connectivity index is 0.000000204. The van der Waals surface area contributed by atoms with Gasteiger partial charge in [-0.1, -0.05) is 13.8 Å². The first kappa shape index (κ1) is 23.9. The van der Waals surface area contributed by atoms with Gasteiger partial charge >= 0.3 is 5.97 Å². The SMILES string of the molecule is CC(C)c1ccc(Br)s1.O=Cc1ccc(Br)s1.O=Cc1ccc(C(=O)O)s1. The topological polar surface area (TPSA) is 71.4 Å². The number of hydrogen-bond donors (Lipinski definition) is 1. The number of hydrogen-bond acceptors (Lipinski definition) is 6. The Labute approximate surface area is 186 Å². The molecule has 0 amide bonds. The predicted molar refractivity (Wildman–Crippen MR) is 120 cm³/mol. The number of aromatic carboxylic acids is 1. The number of aldehydes is 2. The van der Waals surface area contributed by atoms with Gasteiger partial charge in [0.1, 0.15) is 4.88 Å². The summed E-state index contributed by atoms with van der Waals surface area (Å²) in [5.74, 6) is -0.320. The van der Waals surface area contributed by atoms with Gasteiger partial charge in [-0.25, -0.2) is 4.79 Å². The molecule has 27 heavy (non-hydrogen) atoms. The minimum absolute atomic E-state index is 0.196. The summed E-state index contributed by atoms with van der Waals surface area (Å²) in [6.07, 6.45) is 1.48. The van der Waals surface area contributed by atoms with E-state index in [2.05, 4.69) is 57.8 Å². The van der Waals surface area contributed by atoms with Crippen LogP contribution in [0.3, 0.4) is 0 Å². The van der Waals surface area contributed by atoms with Crippen LogP contribution in [0.25, 0.3) is 0 Å². The minimum atomic E-state index is -0.988. The molecule has 1 N–H and O–H groups in total. The van der Waals surface area contributed by atoms with Crippen molar-refractivity contribution in [3.8, 4) is 0 Å². The molecule has 0 aliphatic heterocycles. The van der Waals surface area contributed by atoms with Gasteiger partial charge in [-0.05, 0) is 74.2 Å². The van der Waals surface area contributed by atoms with E-state index in [0.29, 0.717) is 17.1 Å². The largest absolute Gasteiger partial charge is 0.477 e. The molecule has 3 aromatic rings. The van der Waals surface area contributed by atoms with Crippen LogP contribution in [0.15, 0.2) is 44.0 Å². The van der Waals surface area contributed by atoms with Crippen molar-refractivity contribution in [2.75, 3.05) is 0 Å². The van der Waals surface area contributed by atoms with Crippen LogP contribution in [0.1, 0.15) is 53.7 Å². The molecule has 0 radical (unpaired) electrons. The summed E-state index contributed by atoms with van der Waals surface area (Å²) in [7, 11) is 0. The Morgan fingerprint density at radius 1 is 0.889 bits per heavy atom. The van der Waals surface area contributed by atoms with Crippen molar-refractivity contribution in [1.29, 1.82) is 0 Å². The van der Waals surface area contributed by atoms with Crippen molar-refractivity contribution >= 4 is 84.4 Å². The Morgan fingerprint density at radius 2 is 1.41 bits per heavy atom. The van der Waals surface area contributed by atoms with Gasteiger partial charge < -0.3 is 5.11 Å². The predicted octanol–water partition coefficient (Wildman–Crippen LogP) is 7.22. The van der Waals surface area contributed by atoms with Crippen molar-refractivity contribution < 1.29 is 19.5 Å². The molecule has 3 heterocycles. The lowest BCUT2D eigenvalue weighted by Gasteiger charge is -1.95. The number of halogens is 2. The number of thiophene rings is 3. The molecule has 9 heteroatoms. The Bertz CT molecular complexity index is 881. The van der Waals surface area contributed by atoms with E-state index in [-0.39, 0.29) is 4.88 Å². The molecule has 0 atom stereocenters. The number of rotatable bonds is 4. The van der Waals surface area contributed by atoms with Gasteiger partial charge in [0.2, 0.25) is 0 Å². The van der Waals surface area contributed by atoms with E-state index >= 15 is 0 Å². The second-order valence-electron chi connectivity index (χ2n) is 5.18. The molecule has 0 saturated heterocycles. The number of carboxylic acids is 1. The monoisotopic (exact) mass is 550 g/mol. The molecular weight excluding hydrogens is 536 g/mol. The molecule has 3 rings (SSSR count). The zero-order valence-corrected chi connectivity index (χ0v) is 20.0. The summed E-state index contributed by atoms with van der Waals surface area (Å²) < 4.78 is 2.23. The van der Waals surface area contributed by atoms with Gasteiger partial charge in [0, 0.05) is 4.88 Å². The highest BCUT2D eigenvalue weighted by molar-refractivity contribution is 9.11. The van der Waals surface area contributed by atoms with Crippen LogP contribution >= 0.6 is 65.9 Å². The lowest BCUT2D eigenvalue weighted by molar-refractivity contribution is 0.0702. The van der Waals surface area contributed by atoms with Crippen molar-refractivity contribution in [2.45, 2.75) is 19.8 Å². The maximum Gasteiger partial charge on any atom is 0.345 e. The Kier molecular flexibility index (Phi) is 10.9. The standard InChI is InChI=1S/C7H9BrS.C6H4O3S.C5H3BrOS/c1-5(2)6-3-4-7(8)9-6;7-3-4-1-2-5(10-4)6(8)9;6-5-2-1-4(3-7)8-5/h3-5H,1-2H3;1-3H,(H,8,9);1-3H. The maximum absolute atomic E-state index is 10.2. The van der Waals surface area contributed by atoms with Crippen LogP contribution in [0.4, 0.5) is 0 Å². The lowest BCUT2D eigenvalue weighted by Crippen LogP contribution is -1.89. The average molecular weight is 552 g/mol. The molecular formula is C18H16Br2O4S3. The third-order valence-electron chi connectivity index (χ3n) is 2.83. The van der Waals surface area contributed by atoms with Crippen LogP contribution in [0.2, 0.25) is 0 Å². The van der Waals surface area contributed by atoms with E-state index in [1.165, 1.54) is 32.1 Å². The molecule has 144 valence electrons. The van der Waals surface area contributed by atoms with Gasteiger partial charge in [0.15, 0.2) is 12.6 Å². The summed E-state index contributed by atoms with van der Waals surface area (Å²) in [6.45, 7) is 4.41. The minimum Gasteiger partial charge on any atom is -0.477 e. The van der Waals surface area contributed by atoms with Gasteiger partial charge in [0.25, 0.3) is 0 Å². The molecule has 0 aliphatic carbocycles. The first-order chi connectivity index (χ1) is 12.8. The Hall–Kier alpha value is -1.13. The molecule has 4 nitrogen and oxygen atoms in total. The summed E-state index contributed by atoms with van der Waals surface area (Å²) in [6, 6.07) is 10.8. The molecule has 3 aromatic heterocycles.